The van der Waals surface area contributed by atoms with Crippen LogP contribution in [-0.2, 0) is 6.54 Å². The second-order valence-electron chi connectivity index (χ2n) is 3.44. The van der Waals surface area contributed by atoms with Crippen LogP contribution in [0.3, 0.4) is 0 Å². The number of anilines is 1. The molecule has 5 nitrogen and oxygen atoms in total. The highest BCUT2D eigenvalue weighted by atomic mass is 16.1. The minimum atomic E-state index is -0.199. The van der Waals surface area contributed by atoms with Gasteiger partial charge in [-0.3, -0.25) is 14.8 Å². The molecule has 0 aromatic carbocycles. The lowest BCUT2D eigenvalue weighted by atomic mass is 10.2. The highest BCUT2D eigenvalue weighted by Gasteiger charge is 2.06. The Balaban J connectivity index is 2.14. The second kappa shape index (κ2) is 5.18. The zero-order valence-corrected chi connectivity index (χ0v) is 9.13. The van der Waals surface area contributed by atoms with Gasteiger partial charge in [0.2, 0.25) is 0 Å². The molecule has 86 valence electrons. The Hall–Kier alpha value is -2.27. The number of rotatable bonds is 3. The van der Waals surface area contributed by atoms with Gasteiger partial charge in [0.15, 0.2) is 0 Å². The first-order chi connectivity index (χ1) is 8.29. The van der Waals surface area contributed by atoms with Gasteiger partial charge in [-0.2, -0.15) is 0 Å². The Morgan fingerprint density at radius 1 is 1.35 bits per heavy atom. The average molecular weight is 228 g/mol. The minimum absolute atomic E-state index is 0.199. The molecule has 0 bridgehead atoms. The van der Waals surface area contributed by atoms with E-state index in [0.717, 1.165) is 0 Å². The van der Waals surface area contributed by atoms with Crippen LogP contribution in [-0.4, -0.2) is 15.9 Å². The van der Waals surface area contributed by atoms with E-state index in [1.807, 2.05) is 0 Å². The molecule has 0 fully saturated rings. The van der Waals surface area contributed by atoms with Crippen LogP contribution in [0.2, 0.25) is 0 Å². The average Bonchev–Trinajstić information content (AvgIpc) is 2.40. The number of nitrogens with one attached hydrogen (secondary N) is 1. The van der Waals surface area contributed by atoms with Gasteiger partial charge < -0.3 is 11.1 Å². The van der Waals surface area contributed by atoms with E-state index < -0.39 is 0 Å². The molecule has 0 saturated heterocycles. The maximum Gasteiger partial charge on any atom is 0.255 e. The van der Waals surface area contributed by atoms with Gasteiger partial charge in [0, 0.05) is 24.5 Å². The van der Waals surface area contributed by atoms with Crippen molar-refractivity contribution in [1.82, 2.24) is 9.97 Å². The third kappa shape index (κ3) is 2.85. The third-order valence-electron chi connectivity index (χ3n) is 2.21. The Labute approximate surface area is 98.7 Å². The van der Waals surface area contributed by atoms with Crippen LogP contribution in [0, 0.1) is 0 Å². The summed E-state index contributed by atoms with van der Waals surface area (Å²) in [5.74, 6) is -0.199. The molecule has 1 amide bonds. The van der Waals surface area contributed by atoms with E-state index in [1.165, 1.54) is 0 Å². The summed E-state index contributed by atoms with van der Waals surface area (Å²) in [6.07, 6.45) is 4.80. The van der Waals surface area contributed by atoms with Gasteiger partial charge in [0.05, 0.1) is 17.6 Å². The molecule has 0 aliphatic carbocycles. The molecule has 2 aromatic heterocycles. The molecule has 0 unspecified atom stereocenters. The van der Waals surface area contributed by atoms with Gasteiger partial charge in [-0.1, -0.05) is 0 Å². The number of amides is 1. The van der Waals surface area contributed by atoms with Crippen molar-refractivity contribution < 1.29 is 4.79 Å². The third-order valence-corrected chi connectivity index (χ3v) is 2.21. The van der Waals surface area contributed by atoms with Crippen molar-refractivity contribution in [3.8, 4) is 0 Å². The summed E-state index contributed by atoms with van der Waals surface area (Å²) in [4.78, 5) is 19.8. The maximum atomic E-state index is 11.9. The van der Waals surface area contributed by atoms with E-state index in [-0.39, 0.29) is 5.91 Å². The first-order valence-corrected chi connectivity index (χ1v) is 5.16. The first kappa shape index (κ1) is 11.2. The van der Waals surface area contributed by atoms with Gasteiger partial charge in [0.1, 0.15) is 0 Å². The lowest BCUT2D eigenvalue weighted by Gasteiger charge is -2.05. The van der Waals surface area contributed by atoms with Gasteiger partial charge in [-0.15, -0.1) is 0 Å². The molecule has 0 saturated carbocycles. The molecule has 0 spiro atoms. The number of nitrogens with zero attached hydrogens (tertiary/aromatic N) is 2. The summed E-state index contributed by atoms with van der Waals surface area (Å²) in [6, 6.07) is 6.85. The highest BCUT2D eigenvalue weighted by molar-refractivity contribution is 6.04. The molecular formula is C12H12N4O. The standard InChI is InChI=1S/C12H12N4O/c13-7-11-6-9(3-5-15-11)12(17)16-10-2-1-4-14-8-10/h1-6,8H,7,13H2,(H,16,17). The molecule has 0 aliphatic rings. The number of carbonyl (C=O) groups excluding carboxylic acids is 1. The van der Waals surface area contributed by atoms with Crippen molar-refractivity contribution in [2.75, 3.05) is 5.32 Å². The number of hydrogen-bond donors (Lipinski definition) is 2. The van der Waals surface area contributed by atoms with Crippen LogP contribution in [0.1, 0.15) is 16.1 Å². The van der Waals surface area contributed by atoms with Gasteiger partial charge in [-0.25, -0.2) is 0 Å². The van der Waals surface area contributed by atoms with Crippen LogP contribution in [0.4, 0.5) is 5.69 Å². The SMILES string of the molecule is NCc1cc(C(=O)Nc2cccnc2)ccn1. The summed E-state index contributed by atoms with van der Waals surface area (Å²) in [5.41, 5.74) is 7.34. The lowest BCUT2D eigenvalue weighted by Crippen LogP contribution is -2.13. The predicted molar refractivity (Wildman–Crippen MR) is 64.3 cm³/mol. The molecule has 0 radical (unpaired) electrons. The molecule has 5 heteroatoms. The van der Waals surface area contributed by atoms with Gasteiger partial charge in [0.25, 0.3) is 5.91 Å². The van der Waals surface area contributed by atoms with E-state index in [2.05, 4.69) is 15.3 Å². The number of pyridine rings is 2. The topological polar surface area (TPSA) is 80.9 Å². The number of carbonyl (C=O) groups is 1. The molecule has 0 atom stereocenters. The fourth-order valence-corrected chi connectivity index (χ4v) is 1.37. The van der Waals surface area contributed by atoms with E-state index in [0.29, 0.717) is 23.5 Å². The Morgan fingerprint density at radius 2 is 2.24 bits per heavy atom. The quantitative estimate of drug-likeness (QED) is 0.826. The van der Waals surface area contributed by atoms with Crippen molar-refractivity contribution in [2.24, 2.45) is 5.73 Å². The Kier molecular flexibility index (Phi) is 3.42. The first-order valence-electron chi connectivity index (χ1n) is 5.16. The monoisotopic (exact) mass is 228 g/mol. The second-order valence-corrected chi connectivity index (χ2v) is 3.44. The molecule has 2 aromatic rings. The van der Waals surface area contributed by atoms with Crippen LogP contribution in [0.15, 0.2) is 42.9 Å². The zero-order valence-electron chi connectivity index (χ0n) is 9.13. The smallest absolute Gasteiger partial charge is 0.255 e. The van der Waals surface area contributed by atoms with Crippen molar-refractivity contribution in [2.45, 2.75) is 6.54 Å². The molecule has 17 heavy (non-hydrogen) atoms. The minimum Gasteiger partial charge on any atom is -0.325 e. The fourth-order valence-electron chi connectivity index (χ4n) is 1.37. The number of aromatic nitrogens is 2. The predicted octanol–water partition coefficient (Wildman–Crippen LogP) is 1.19. The Bertz CT molecular complexity index is 513. The normalized spacial score (nSPS) is 9.94. The molecule has 3 N–H and O–H groups in total. The summed E-state index contributed by atoms with van der Waals surface area (Å²) in [6.45, 7) is 0.314. The van der Waals surface area contributed by atoms with Crippen LogP contribution in [0.5, 0.6) is 0 Å². The van der Waals surface area contributed by atoms with E-state index in [4.69, 9.17) is 5.73 Å². The highest BCUT2D eigenvalue weighted by Crippen LogP contribution is 2.07. The fraction of sp³-hybridized carbons (Fsp3) is 0.0833. The van der Waals surface area contributed by atoms with Crippen LogP contribution in [0.25, 0.3) is 0 Å². The lowest BCUT2D eigenvalue weighted by molar-refractivity contribution is 0.102. The van der Waals surface area contributed by atoms with Gasteiger partial charge >= 0.3 is 0 Å². The summed E-state index contributed by atoms with van der Waals surface area (Å²) < 4.78 is 0. The molecule has 2 rings (SSSR count). The van der Waals surface area contributed by atoms with E-state index >= 15 is 0 Å². The van der Waals surface area contributed by atoms with Gasteiger partial charge in [-0.05, 0) is 24.3 Å². The van der Waals surface area contributed by atoms with Crippen molar-refractivity contribution >= 4 is 11.6 Å². The molecule has 2 heterocycles. The summed E-state index contributed by atoms with van der Waals surface area (Å²) in [7, 11) is 0. The summed E-state index contributed by atoms with van der Waals surface area (Å²) >= 11 is 0. The largest absolute Gasteiger partial charge is 0.325 e. The maximum absolute atomic E-state index is 11.9. The summed E-state index contributed by atoms with van der Waals surface area (Å²) in [5, 5.41) is 2.74. The van der Waals surface area contributed by atoms with E-state index in [9.17, 15) is 4.79 Å². The van der Waals surface area contributed by atoms with Crippen LogP contribution >= 0.6 is 0 Å². The molecule has 0 aliphatic heterocycles. The van der Waals surface area contributed by atoms with Crippen molar-refractivity contribution in [3.05, 3.63) is 54.1 Å². The Morgan fingerprint density at radius 3 is 2.94 bits per heavy atom. The molecular weight excluding hydrogens is 216 g/mol. The zero-order chi connectivity index (χ0) is 12.1. The van der Waals surface area contributed by atoms with Crippen molar-refractivity contribution in [3.63, 3.8) is 0 Å². The number of hydrogen-bond acceptors (Lipinski definition) is 4. The van der Waals surface area contributed by atoms with Crippen molar-refractivity contribution in [1.29, 1.82) is 0 Å². The van der Waals surface area contributed by atoms with Crippen LogP contribution < -0.4 is 11.1 Å². The number of nitrogens with two attached hydrogens (primary N) is 1. The van der Waals surface area contributed by atoms with E-state index in [1.54, 1.807) is 42.9 Å².